The van der Waals surface area contributed by atoms with Crippen LogP contribution in [0.25, 0.3) is 21.9 Å². The van der Waals surface area contributed by atoms with Crippen LogP contribution in [0, 0.1) is 6.92 Å². The first-order chi connectivity index (χ1) is 27.9. The van der Waals surface area contributed by atoms with Crippen LogP contribution in [0.4, 0.5) is 0 Å². The molecule has 9 rings (SSSR count). The monoisotopic (exact) mass is 828 g/mol. The summed E-state index contributed by atoms with van der Waals surface area (Å²) in [4.78, 5) is 30.6. The highest BCUT2D eigenvalue weighted by atomic mass is 33.1. The van der Waals surface area contributed by atoms with Crippen LogP contribution in [0.1, 0.15) is 50.4 Å². The SMILES string of the molecule is Cc1cc(=O)c2c(O)c3c(cc2o1)OC1(C)CCSSCC2=C(N)NC(Cn4cc5cc[nH]c5c4)C=C2C2C=C(C=C(N)N2)CCC2OC2(CCCO)C(=O)OC1C3. The fourth-order valence-electron chi connectivity index (χ4n) is 8.84. The summed E-state index contributed by atoms with van der Waals surface area (Å²) >= 11 is 0. The molecule has 1 fully saturated rings. The first-order valence-corrected chi connectivity index (χ1v) is 22.2. The number of nitrogens with two attached hydrogens (primary N) is 2. The Morgan fingerprint density at radius 3 is 2.79 bits per heavy atom. The predicted molar refractivity (Wildman–Crippen MR) is 224 cm³/mol. The summed E-state index contributed by atoms with van der Waals surface area (Å²) in [6.45, 7) is 4.15. The number of nitrogens with one attached hydrogen (secondary N) is 3. The Kier molecular flexibility index (Phi) is 10.0. The zero-order valence-corrected chi connectivity index (χ0v) is 34.0. The van der Waals surface area contributed by atoms with E-state index in [1.54, 1.807) is 34.6 Å². The standard InChI is InChI=1S/C42H48N6O8S2/c1-22-12-31(50)37-33(53-22)17-32-27(38(37)51)16-35-41(2,55-32)8-11-57-58-21-28-26(15-25(46-39(28)44)19-48-18-24-6-9-45-30(24)20-48)29-13-23(14-36(43)47-29)4-5-34-42(56-34,7-3-10-49)40(52)54-35/h6,9,12-15,17-18,20,25,29,34-35,45-47,49,51H,3-5,7-8,10-11,16,19,21,43-44H2,1-2H3. The first-order valence-electron chi connectivity index (χ1n) is 19.7. The van der Waals surface area contributed by atoms with E-state index in [4.69, 9.17) is 30.1 Å². The fourth-order valence-corrected chi connectivity index (χ4v) is 11.2. The third-order valence-corrected chi connectivity index (χ3v) is 14.3. The molecule has 5 aliphatic rings. The first kappa shape index (κ1) is 38.6. The van der Waals surface area contributed by atoms with Crippen molar-refractivity contribution in [1.29, 1.82) is 0 Å². The highest BCUT2D eigenvalue weighted by Crippen LogP contribution is 2.49. The Bertz CT molecular complexity index is 2460. The molecule has 8 heterocycles. The van der Waals surface area contributed by atoms with Crippen molar-refractivity contribution in [1.82, 2.24) is 20.2 Å². The largest absolute Gasteiger partial charge is 0.507 e. The van der Waals surface area contributed by atoms with Gasteiger partial charge in [0.25, 0.3) is 0 Å². The number of hydrogen-bond acceptors (Lipinski definition) is 14. The predicted octanol–water partition coefficient (Wildman–Crippen LogP) is 4.64. The number of phenolic OH excluding ortho intramolecular Hbond substituents is 1. The lowest BCUT2D eigenvalue weighted by Gasteiger charge is -2.42. The van der Waals surface area contributed by atoms with Crippen LogP contribution in [-0.4, -0.2) is 79.3 Å². The molecule has 16 heteroatoms. The molecule has 1 saturated heterocycles. The van der Waals surface area contributed by atoms with Crippen molar-refractivity contribution < 1.29 is 33.6 Å². The summed E-state index contributed by atoms with van der Waals surface area (Å²) in [6.07, 6.45) is 13.5. The molecule has 6 unspecified atom stereocenters. The van der Waals surface area contributed by atoms with E-state index >= 15 is 0 Å². The molecule has 4 aromatic rings. The lowest BCUT2D eigenvalue weighted by atomic mass is 9.86. The normalized spacial score (nSPS) is 28.8. The maximum absolute atomic E-state index is 14.3. The van der Waals surface area contributed by atoms with E-state index in [1.807, 2.05) is 19.2 Å². The van der Waals surface area contributed by atoms with Gasteiger partial charge in [-0.25, -0.2) is 4.79 Å². The number of carbonyl (C=O) groups is 1. The van der Waals surface area contributed by atoms with Gasteiger partial charge in [-0.2, -0.15) is 0 Å². The molecule has 2 bridgehead atoms. The van der Waals surface area contributed by atoms with Gasteiger partial charge in [-0.1, -0.05) is 33.7 Å². The molecular weight excluding hydrogens is 781 g/mol. The topological polar surface area (TPSA) is 216 Å². The van der Waals surface area contributed by atoms with Gasteiger partial charge in [0.2, 0.25) is 0 Å². The zero-order valence-electron chi connectivity index (χ0n) is 32.3. The minimum atomic E-state index is -1.24. The number of fused-ring (bicyclic) bond motifs is 8. The van der Waals surface area contributed by atoms with E-state index in [1.165, 1.54) is 6.07 Å². The highest BCUT2D eigenvalue weighted by Gasteiger charge is 2.63. The number of phenols is 1. The molecule has 0 saturated carbocycles. The maximum Gasteiger partial charge on any atom is 0.341 e. The molecule has 3 aromatic heterocycles. The lowest BCUT2D eigenvalue weighted by molar-refractivity contribution is -0.169. The van der Waals surface area contributed by atoms with Crippen molar-refractivity contribution in [2.24, 2.45) is 11.5 Å². The van der Waals surface area contributed by atoms with Crippen molar-refractivity contribution in [3.05, 3.63) is 105 Å². The molecule has 306 valence electrons. The third-order valence-electron chi connectivity index (χ3n) is 12.0. The number of hydrogen-bond donors (Lipinski definition) is 7. The van der Waals surface area contributed by atoms with Gasteiger partial charge in [-0.15, -0.1) is 0 Å². The Morgan fingerprint density at radius 1 is 1.10 bits per heavy atom. The number of aromatic hydroxyl groups is 1. The number of carbonyl (C=O) groups excluding carboxylic acids is 1. The number of H-pyrrole nitrogens is 1. The quantitative estimate of drug-likeness (QED) is 0.0830. The smallest absolute Gasteiger partial charge is 0.341 e. The summed E-state index contributed by atoms with van der Waals surface area (Å²) in [5, 5.41) is 29.5. The lowest BCUT2D eigenvalue weighted by Crippen LogP contribution is -2.53. The van der Waals surface area contributed by atoms with Gasteiger partial charge in [0.1, 0.15) is 45.8 Å². The summed E-state index contributed by atoms with van der Waals surface area (Å²) in [7, 11) is 3.33. The summed E-state index contributed by atoms with van der Waals surface area (Å²) < 4.78 is 27.3. The Hall–Kier alpha value is -4.90. The van der Waals surface area contributed by atoms with Crippen LogP contribution in [0.15, 0.2) is 92.6 Å². The average Bonchev–Trinajstić information content (AvgIpc) is 3.49. The van der Waals surface area contributed by atoms with Crippen LogP contribution in [0.3, 0.4) is 0 Å². The van der Waals surface area contributed by atoms with E-state index < -0.39 is 29.4 Å². The minimum Gasteiger partial charge on any atom is -0.507 e. The van der Waals surface area contributed by atoms with Crippen LogP contribution in [-0.2, 0) is 27.2 Å². The molecule has 0 radical (unpaired) electrons. The van der Waals surface area contributed by atoms with Gasteiger partial charge in [0.15, 0.2) is 11.0 Å². The van der Waals surface area contributed by atoms with Gasteiger partial charge in [0.05, 0.1) is 29.5 Å². The number of epoxide rings is 1. The van der Waals surface area contributed by atoms with Crippen LogP contribution < -0.4 is 32.3 Å². The molecule has 58 heavy (non-hydrogen) atoms. The van der Waals surface area contributed by atoms with Gasteiger partial charge in [0, 0.05) is 84.7 Å². The van der Waals surface area contributed by atoms with Crippen LogP contribution in [0.5, 0.6) is 11.5 Å². The van der Waals surface area contributed by atoms with Crippen molar-refractivity contribution in [2.45, 2.75) is 94.4 Å². The minimum absolute atomic E-state index is 0.0532. The number of nitrogens with zero attached hydrogens (tertiary/aromatic N) is 1. The summed E-state index contributed by atoms with van der Waals surface area (Å²) in [5.41, 5.74) is 15.5. The molecule has 14 nitrogen and oxygen atoms in total. The van der Waals surface area contributed by atoms with E-state index in [0.717, 1.165) is 27.6 Å². The Labute approximate surface area is 342 Å². The van der Waals surface area contributed by atoms with Crippen molar-refractivity contribution in [3.8, 4) is 11.5 Å². The van der Waals surface area contributed by atoms with E-state index in [2.05, 4.69) is 50.8 Å². The number of allylic oxidation sites excluding steroid dienone is 2. The van der Waals surface area contributed by atoms with Crippen molar-refractivity contribution >= 4 is 49.4 Å². The summed E-state index contributed by atoms with van der Waals surface area (Å²) in [5.74, 6) is 2.40. The summed E-state index contributed by atoms with van der Waals surface area (Å²) in [6, 6.07) is 4.72. The number of aliphatic hydroxyl groups is 1. The highest BCUT2D eigenvalue weighted by molar-refractivity contribution is 8.76. The number of aliphatic hydroxyl groups excluding tert-OH is 1. The number of aromatic amines is 1. The van der Waals surface area contributed by atoms with E-state index in [-0.39, 0.29) is 53.7 Å². The zero-order chi connectivity index (χ0) is 40.3. The van der Waals surface area contributed by atoms with Crippen LogP contribution >= 0.6 is 21.6 Å². The number of esters is 1. The second kappa shape index (κ2) is 15.0. The Balaban J connectivity index is 1.04. The third kappa shape index (κ3) is 7.13. The number of aryl methyl sites for hydroxylation is 1. The molecule has 6 atom stereocenters. The number of rotatable bonds is 5. The van der Waals surface area contributed by atoms with Crippen molar-refractivity contribution in [2.75, 3.05) is 18.1 Å². The molecule has 0 aliphatic carbocycles. The second-order valence-electron chi connectivity index (χ2n) is 16.0. The number of dihydropyridines is 2. The number of ether oxygens (including phenoxy) is 3. The molecule has 9 N–H and O–H groups in total. The van der Waals surface area contributed by atoms with Gasteiger partial charge >= 0.3 is 5.97 Å². The Morgan fingerprint density at radius 2 is 1.97 bits per heavy atom. The molecular formula is C42H48N6O8S2. The number of benzene rings is 1. The molecule has 0 spiro atoms. The van der Waals surface area contributed by atoms with Crippen LogP contribution in [0.2, 0.25) is 0 Å². The van der Waals surface area contributed by atoms with Gasteiger partial charge in [-0.05, 0) is 62.8 Å². The maximum atomic E-state index is 14.3. The molecule has 5 aliphatic heterocycles. The fraction of sp³-hybridized carbons (Fsp3) is 0.429. The van der Waals surface area contributed by atoms with Crippen molar-refractivity contribution in [3.63, 3.8) is 0 Å². The van der Waals surface area contributed by atoms with E-state index in [0.29, 0.717) is 72.4 Å². The van der Waals surface area contributed by atoms with Gasteiger partial charge in [-0.3, -0.25) is 4.79 Å². The molecule has 1 aromatic carbocycles. The average molecular weight is 829 g/mol. The number of aromatic nitrogens is 2. The van der Waals surface area contributed by atoms with Gasteiger partial charge < -0.3 is 60.5 Å². The second-order valence-corrected chi connectivity index (χ2v) is 18.6. The van der Waals surface area contributed by atoms with E-state index in [9.17, 15) is 19.8 Å². The molecule has 0 amide bonds.